The molecular weight excluding hydrogens is 404 g/mol. The molecule has 0 radical (unpaired) electrons. The number of hydrogen-bond acceptors (Lipinski definition) is 4. The summed E-state index contributed by atoms with van der Waals surface area (Å²) < 4.78 is 0. The van der Waals surface area contributed by atoms with Gasteiger partial charge in [-0.05, 0) is 79.6 Å². The topological polar surface area (TPSA) is 51.6 Å². The maximum atomic E-state index is 5.00. The van der Waals surface area contributed by atoms with Gasteiger partial charge in [0.15, 0.2) is 0 Å². The molecule has 1 aliphatic carbocycles. The Labute approximate surface area is 196 Å². The third-order valence-corrected chi connectivity index (χ3v) is 6.72. The van der Waals surface area contributed by atoms with E-state index in [9.17, 15) is 0 Å². The lowest BCUT2D eigenvalue weighted by Gasteiger charge is -2.23. The fraction of sp³-hybridized carbons (Fsp3) is 0.310. The number of aryl methyl sites for hydroxylation is 1. The van der Waals surface area contributed by atoms with Gasteiger partial charge in [-0.3, -0.25) is 19.9 Å². The number of nitrogens with zero attached hydrogens (tertiary/aromatic N) is 4. The Morgan fingerprint density at radius 1 is 0.697 bits per heavy atom. The highest BCUT2D eigenvalue weighted by atomic mass is 14.8. The van der Waals surface area contributed by atoms with Gasteiger partial charge in [-0.25, -0.2) is 0 Å². The molecule has 166 valence electrons. The fourth-order valence-corrected chi connectivity index (χ4v) is 4.98. The van der Waals surface area contributed by atoms with Crippen LogP contribution in [0.15, 0.2) is 79.1 Å². The molecule has 4 heteroatoms. The molecule has 4 heterocycles. The number of aromatic nitrogens is 4. The van der Waals surface area contributed by atoms with Crippen LogP contribution in [0.1, 0.15) is 42.6 Å². The Morgan fingerprint density at radius 3 is 1.91 bits per heavy atom. The van der Waals surface area contributed by atoms with E-state index in [4.69, 9.17) is 9.97 Å². The first-order chi connectivity index (χ1) is 16.2. The van der Waals surface area contributed by atoms with Crippen LogP contribution in [0, 0.1) is 18.8 Å². The minimum absolute atomic E-state index is 0.535. The Kier molecular flexibility index (Phi) is 6.52. The lowest BCUT2D eigenvalue weighted by molar-refractivity contribution is 0.329. The van der Waals surface area contributed by atoms with Crippen molar-refractivity contribution in [2.24, 2.45) is 11.8 Å². The van der Waals surface area contributed by atoms with Crippen LogP contribution < -0.4 is 0 Å². The standard InChI is InChI=1S/C29H30N4/c1-21-15-16-27(31-20-21)29-14-7-11-25(33-29)19-23(22-8-2-3-9-22)18-24-10-6-13-28(32-24)26-12-4-5-17-30-26/h4-7,10-17,20,22-23H,2-3,8-9,18-19H2,1H3. The second-order valence-electron chi connectivity index (χ2n) is 9.18. The van der Waals surface area contributed by atoms with Crippen molar-refractivity contribution < 1.29 is 0 Å². The van der Waals surface area contributed by atoms with E-state index < -0.39 is 0 Å². The lowest BCUT2D eigenvalue weighted by Crippen LogP contribution is -2.19. The van der Waals surface area contributed by atoms with Crippen LogP contribution in [-0.4, -0.2) is 19.9 Å². The highest BCUT2D eigenvalue weighted by molar-refractivity contribution is 5.54. The van der Waals surface area contributed by atoms with Crippen LogP contribution in [-0.2, 0) is 12.8 Å². The van der Waals surface area contributed by atoms with Gasteiger partial charge in [0.05, 0.1) is 22.8 Å². The van der Waals surface area contributed by atoms with Gasteiger partial charge in [0.2, 0.25) is 0 Å². The molecule has 0 saturated heterocycles. The molecule has 1 atom stereocenters. The summed E-state index contributed by atoms with van der Waals surface area (Å²) in [7, 11) is 0. The SMILES string of the molecule is Cc1ccc(-c2cccc(CC(Cc3cccc(-c4ccccn4)n3)C3CCCC3)n2)nc1. The molecule has 0 aliphatic heterocycles. The van der Waals surface area contributed by atoms with Crippen molar-refractivity contribution in [3.63, 3.8) is 0 Å². The lowest BCUT2D eigenvalue weighted by atomic mass is 9.83. The Hall–Kier alpha value is -3.40. The summed E-state index contributed by atoms with van der Waals surface area (Å²) in [6, 6.07) is 22.8. The van der Waals surface area contributed by atoms with Crippen molar-refractivity contribution in [1.82, 2.24) is 19.9 Å². The molecular formula is C29H30N4. The van der Waals surface area contributed by atoms with E-state index in [2.05, 4.69) is 65.4 Å². The number of hydrogen-bond donors (Lipinski definition) is 0. The predicted molar refractivity (Wildman–Crippen MR) is 133 cm³/mol. The minimum Gasteiger partial charge on any atom is -0.255 e. The highest BCUT2D eigenvalue weighted by Crippen LogP contribution is 2.35. The zero-order valence-electron chi connectivity index (χ0n) is 19.2. The molecule has 1 aliphatic rings. The Balaban J connectivity index is 1.38. The summed E-state index contributed by atoms with van der Waals surface area (Å²) in [4.78, 5) is 19.0. The summed E-state index contributed by atoms with van der Waals surface area (Å²) in [6.45, 7) is 2.06. The third kappa shape index (κ3) is 5.33. The van der Waals surface area contributed by atoms with Gasteiger partial charge in [0.25, 0.3) is 0 Å². The first-order valence-corrected chi connectivity index (χ1v) is 12.0. The summed E-state index contributed by atoms with van der Waals surface area (Å²) in [5, 5.41) is 0. The number of rotatable bonds is 7. The van der Waals surface area contributed by atoms with Crippen molar-refractivity contribution in [2.45, 2.75) is 45.4 Å². The molecule has 0 amide bonds. The molecule has 4 nitrogen and oxygen atoms in total. The smallest absolute Gasteiger partial charge is 0.0889 e. The van der Waals surface area contributed by atoms with Gasteiger partial charge < -0.3 is 0 Å². The molecule has 5 rings (SSSR count). The van der Waals surface area contributed by atoms with Gasteiger partial charge in [0, 0.05) is 23.8 Å². The van der Waals surface area contributed by atoms with Crippen LogP contribution in [0.2, 0.25) is 0 Å². The minimum atomic E-state index is 0.535. The van der Waals surface area contributed by atoms with Gasteiger partial charge in [-0.15, -0.1) is 0 Å². The summed E-state index contributed by atoms with van der Waals surface area (Å²) in [6.07, 6.45) is 11.0. The van der Waals surface area contributed by atoms with E-state index in [0.29, 0.717) is 5.92 Å². The zero-order chi connectivity index (χ0) is 22.5. The monoisotopic (exact) mass is 434 g/mol. The quantitative estimate of drug-likeness (QED) is 0.333. The van der Waals surface area contributed by atoms with Crippen molar-refractivity contribution in [3.05, 3.63) is 96.1 Å². The average Bonchev–Trinajstić information content (AvgIpc) is 3.40. The van der Waals surface area contributed by atoms with Crippen LogP contribution in [0.4, 0.5) is 0 Å². The first-order valence-electron chi connectivity index (χ1n) is 12.0. The second-order valence-corrected chi connectivity index (χ2v) is 9.18. The molecule has 0 aromatic carbocycles. The summed E-state index contributed by atoms with van der Waals surface area (Å²) in [5.41, 5.74) is 7.22. The highest BCUT2D eigenvalue weighted by Gasteiger charge is 2.26. The Morgan fingerprint density at radius 2 is 1.33 bits per heavy atom. The zero-order valence-corrected chi connectivity index (χ0v) is 19.2. The maximum Gasteiger partial charge on any atom is 0.0889 e. The largest absolute Gasteiger partial charge is 0.255 e. The molecule has 33 heavy (non-hydrogen) atoms. The van der Waals surface area contributed by atoms with E-state index in [1.54, 1.807) is 0 Å². The molecule has 0 spiro atoms. The maximum absolute atomic E-state index is 5.00. The normalized spacial score (nSPS) is 14.9. The van der Waals surface area contributed by atoms with Crippen LogP contribution in [0.25, 0.3) is 22.8 Å². The van der Waals surface area contributed by atoms with Crippen molar-refractivity contribution >= 4 is 0 Å². The fourth-order valence-electron chi connectivity index (χ4n) is 4.98. The molecule has 0 bridgehead atoms. The molecule has 4 aromatic rings. The van der Waals surface area contributed by atoms with Gasteiger partial charge >= 0.3 is 0 Å². The molecule has 1 fully saturated rings. The van der Waals surface area contributed by atoms with Crippen LogP contribution >= 0.6 is 0 Å². The molecule has 1 unspecified atom stereocenters. The van der Waals surface area contributed by atoms with E-state index in [1.165, 1.54) is 25.7 Å². The van der Waals surface area contributed by atoms with Crippen LogP contribution in [0.3, 0.4) is 0 Å². The van der Waals surface area contributed by atoms with Gasteiger partial charge in [-0.2, -0.15) is 0 Å². The summed E-state index contributed by atoms with van der Waals surface area (Å²) in [5.74, 6) is 1.26. The van der Waals surface area contributed by atoms with E-state index >= 15 is 0 Å². The van der Waals surface area contributed by atoms with Crippen LogP contribution in [0.5, 0.6) is 0 Å². The van der Waals surface area contributed by atoms with Gasteiger partial charge in [-0.1, -0.05) is 49.9 Å². The van der Waals surface area contributed by atoms with E-state index in [1.807, 2.05) is 30.6 Å². The molecule has 4 aromatic heterocycles. The first kappa shape index (κ1) is 21.4. The molecule has 1 saturated carbocycles. The van der Waals surface area contributed by atoms with Crippen molar-refractivity contribution in [1.29, 1.82) is 0 Å². The van der Waals surface area contributed by atoms with Crippen molar-refractivity contribution in [3.8, 4) is 22.8 Å². The molecule has 0 N–H and O–H groups in total. The third-order valence-electron chi connectivity index (χ3n) is 6.72. The summed E-state index contributed by atoms with van der Waals surface area (Å²) >= 11 is 0. The predicted octanol–water partition coefficient (Wildman–Crippen LogP) is 6.50. The van der Waals surface area contributed by atoms with E-state index in [0.717, 1.165) is 58.5 Å². The average molecular weight is 435 g/mol. The van der Waals surface area contributed by atoms with Gasteiger partial charge in [0.1, 0.15) is 0 Å². The second kappa shape index (κ2) is 10.0. The van der Waals surface area contributed by atoms with Crippen molar-refractivity contribution in [2.75, 3.05) is 0 Å². The Bertz CT molecular complexity index is 1180. The van der Waals surface area contributed by atoms with E-state index in [-0.39, 0.29) is 0 Å². The number of pyridine rings is 4.